The summed E-state index contributed by atoms with van der Waals surface area (Å²) in [5, 5.41) is 16.7. The lowest BCUT2D eigenvalue weighted by molar-refractivity contribution is -0.130. The number of ether oxygens (including phenoxy) is 3. The molecule has 0 unspecified atom stereocenters. The van der Waals surface area contributed by atoms with Gasteiger partial charge in [-0.15, -0.1) is 0 Å². The molecule has 0 bridgehead atoms. The van der Waals surface area contributed by atoms with E-state index >= 15 is 0 Å². The molecule has 11 nitrogen and oxygen atoms in total. The Bertz CT molecular complexity index is 1270. The summed E-state index contributed by atoms with van der Waals surface area (Å²) in [5.74, 6) is 0.391. The first-order valence-electron chi connectivity index (χ1n) is 11.6. The minimum atomic E-state index is -0.748. The highest BCUT2D eigenvalue weighted by atomic mass is 16.5. The second-order valence-electron chi connectivity index (χ2n) is 8.67. The Morgan fingerprint density at radius 3 is 2.34 bits per heavy atom. The van der Waals surface area contributed by atoms with Gasteiger partial charge in [0.1, 0.15) is 5.56 Å². The van der Waals surface area contributed by atoms with E-state index in [1.165, 1.54) is 37.8 Å². The van der Waals surface area contributed by atoms with Crippen LogP contribution in [0.4, 0.5) is 0 Å². The highest BCUT2D eigenvalue weighted by Crippen LogP contribution is 2.46. The molecule has 2 heterocycles. The maximum atomic E-state index is 12.8. The first-order valence-corrected chi connectivity index (χ1v) is 11.6. The van der Waals surface area contributed by atoms with Gasteiger partial charge in [-0.2, -0.15) is 5.10 Å². The fraction of sp³-hybridized carbons (Fsp3) is 0.500. The standard InChI is InChI=1S/C24H30N4O7/c1-13(29)28-17(15-10-11-18(33-2)21(35-4)20(15)34-3)12-16(26-28)19-22(30)25-24(32)27(23(19)31)14-8-6-5-7-9-14/h10-11,14,17,31H,5-9,12H2,1-4H3,(H,25,30,32)/t17-/m1/s1. The van der Waals surface area contributed by atoms with Gasteiger partial charge in [0.15, 0.2) is 11.5 Å². The number of hydrazone groups is 1. The maximum absolute atomic E-state index is 12.8. The third-order valence-electron chi connectivity index (χ3n) is 6.67. The minimum absolute atomic E-state index is 0.108. The van der Waals surface area contributed by atoms with Crippen molar-refractivity contribution < 1.29 is 24.1 Å². The van der Waals surface area contributed by atoms with Gasteiger partial charge < -0.3 is 19.3 Å². The monoisotopic (exact) mass is 486 g/mol. The van der Waals surface area contributed by atoms with E-state index in [1.54, 1.807) is 12.1 Å². The fourth-order valence-electron chi connectivity index (χ4n) is 5.06. The summed E-state index contributed by atoms with van der Waals surface area (Å²) in [6, 6.07) is 2.60. The molecule has 0 radical (unpaired) electrons. The predicted octanol–water partition coefficient (Wildman–Crippen LogP) is 2.47. The van der Waals surface area contributed by atoms with Crippen molar-refractivity contribution >= 4 is 11.6 Å². The van der Waals surface area contributed by atoms with Crippen LogP contribution in [-0.4, -0.2) is 52.6 Å². The third-order valence-corrected chi connectivity index (χ3v) is 6.67. The van der Waals surface area contributed by atoms with Crippen LogP contribution in [-0.2, 0) is 4.79 Å². The lowest BCUT2D eigenvalue weighted by Gasteiger charge is -2.25. The lowest BCUT2D eigenvalue weighted by Crippen LogP contribution is -2.36. The molecule has 0 saturated heterocycles. The SMILES string of the molecule is COc1ccc([C@H]2CC(c3c(O)n(C4CCCCC4)c(=O)[nH]c3=O)=NN2C(C)=O)c(OC)c1OC. The van der Waals surface area contributed by atoms with E-state index in [4.69, 9.17) is 14.2 Å². The number of carbonyl (C=O) groups excluding carboxylic acids is 1. The Morgan fingerprint density at radius 1 is 1.06 bits per heavy atom. The molecule has 1 fully saturated rings. The maximum Gasteiger partial charge on any atom is 0.331 e. The quantitative estimate of drug-likeness (QED) is 0.640. The van der Waals surface area contributed by atoms with Crippen molar-refractivity contribution in [2.75, 3.05) is 21.3 Å². The number of nitrogens with one attached hydrogen (secondary N) is 1. The van der Waals surface area contributed by atoms with Gasteiger partial charge in [-0.1, -0.05) is 19.3 Å². The smallest absolute Gasteiger partial charge is 0.331 e. The van der Waals surface area contributed by atoms with Gasteiger partial charge in [0.2, 0.25) is 17.5 Å². The van der Waals surface area contributed by atoms with Crippen molar-refractivity contribution in [2.45, 2.75) is 57.5 Å². The number of hydrogen-bond acceptors (Lipinski definition) is 8. The molecular weight excluding hydrogens is 456 g/mol. The number of rotatable bonds is 6. The number of carbonyl (C=O) groups is 1. The summed E-state index contributed by atoms with van der Waals surface area (Å²) in [5.41, 5.74) is -0.714. The highest BCUT2D eigenvalue weighted by Gasteiger charge is 2.37. The summed E-state index contributed by atoms with van der Waals surface area (Å²) in [6.07, 6.45) is 4.52. The molecule has 1 saturated carbocycles. The van der Waals surface area contributed by atoms with Crippen molar-refractivity contribution in [1.29, 1.82) is 0 Å². The number of nitrogens with zero attached hydrogens (tertiary/aromatic N) is 3. The summed E-state index contributed by atoms with van der Waals surface area (Å²) in [7, 11) is 4.47. The molecule has 0 spiro atoms. The molecule has 35 heavy (non-hydrogen) atoms. The minimum Gasteiger partial charge on any atom is -0.494 e. The van der Waals surface area contributed by atoms with Crippen molar-refractivity contribution in [3.63, 3.8) is 0 Å². The second-order valence-corrected chi connectivity index (χ2v) is 8.67. The summed E-state index contributed by atoms with van der Waals surface area (Å²) >= 11 is 0. The molecule has 1 aliphatic carbocycles. The first kappa shape index (κ1) is 24.4. The largest absolute Gasteiger partial charge is 0.494 e. The van der Waals surface area contributed by atoms with Crippen LogP contribution in [0.3, 0.4) is 0 Å². The average molecular weight is 487 g/mol. The van der Waals surface area contributed by atoms with Crippen LogP contribution in [0.5, 0.6) is 23.1 Å². The van der Waals surface area contributed by atoms with E-state index in [0.717, 1.165) is 32.1 Å². The molecule has 11 heteroatoms. The molecule has 2 N–H and O–H groups in total. The van der Waals surface area contributed by atoms with Crippen LogP contribution in [0, 0.1) is 0 Å². The second kappa shape index (κ2) is 9.85. The van der Waals surface area contributed by atoms with E-state index in [0.29, 0.717) is 22.8 Å². The molecule has 188 valence electrons. The summed E-state index contributed by atoms with van der Waals surface area (Å²) < 4.78 is 17.7. The van der Waals surface area contributed by atoms with Crippen molar-refractivity contribution in [3.05, 3.63) is 44.1 Å². The van der Waals surface area contributed by atoms with E-state index in [2.05, 4.69) is 10.1 Å². The summed E-state index contributed by atoms with van der Waals surface area (Å²) in [6.45, 7) is 1.36. The Morgan fingerprint density at radius 2 is 1.74 bits per heavy atom. The van der Waals surface area contributed by atoms with Crippen LogP contribution >= 0.6 is 0 Å². The van der Waals surface area contributed by atoms with Crippen LogP contribution in [0.15, 0.2) is 26.8 Å². The van der Waals surface area contributed by atoms with Gasteiger partial charge in [-0.25, -0.2) is 9.80 Å². The predicted molar refractivity (Wildman–Crippen MR) is 128 cm³/mol. The van der Waals surface area contributed by atoms with E-state index < -0.39 is 23.2 Å². The molecule has 1 amide bonds. The summed E-state index contributed by atoms with van der Waals surface area (Å²) in [4.78, 5) is 40.3. The Labute approximate surface area is 201 Å². The van der Waals surface area contributed by atoms with Gasteiger partial charge >= 0.3 is 5.69 Å². The van der Waals surface area contributed by atoms with Crippen LogP contribution in [0.2, 0.25) is 0 Å². The van der Waals surface area contributed by atoms with E-state index in [1.807, 2.05) is 0 Å². The number of aromatic amines is 1. The third kappa shape index (κ3) is 4.26. The van der Waals surface area contributed by atoms with Gasteiger partial charge in [-0.3, -0.25) is 19.1 Å². The van der Waals surface area contributed by atoms with Crippen LogP contribution < -0.4 is 25.5 Å². The van der Waals surface area contributed by atoms with Gasteiger partial charge in [0.05, 0.1) is 33.1 Å². The molecule has 2 aliphatic rings. The highest BCUT2D eigenvalue weighted by molar-refractivity contribution is 6.04. The van der Waals surface area contributed by atoms with Gasteiger partial charge in [0.25, 0.3) is 5.56 Å². The fourth-order valence-corrected chi connectivity index (χ4v) is 5.06. The average Bonchev–Trinajstić information content (AvgIpc) is 3.28. The zero-order valence-electron chi connectivity index (χ0n) is 20.3. The molecule has 1 atom stereocenters. The molecular formula is C24H30N4O7. The number of aromatic nitrogens is 2. The van der Waals surface area contributed by atoms with E-state index in [9.17, 15) is 19.5 Å². The topological polar surface area (TPSA) is 135 Å². The van der Waals surface area contributed by atoms with Gasteiger partial charge in [-0.05, 0) is 25.0 Å². The first-order chi connectivity index (χ1) is 16.8. The normalized spacial score (nSPS) is 18.3. The number of hydrogen-bond donors (Lipinski definition) is 2. The van der Waals surface area contributed by atoms with Crippen molar-refractivity contribution in [2.24, 2.45) is 5.10 Å². The Balaban J connectivity index is 1.81. The number of benzene rings is 1. The van der Waals surface area contributed by atoms with Crippen molar-refractivity contribution in [1.82, 2.24) is 14.6 Å². The van der Waals surface area contributed by atoms with E-state index in [-0.39, 0.29) is 29.6 Å². The number of aromatic hydroxyl groups is 1. The molecule has 1 aromatic heterocycles. The molecule has 2 aromatic rings. The number of amides is 1. The number of methoxy groups -OCH3 is 3. The molecule has 1 aliphatic heterocycles. The Hall–Kier alpha value is -3.76. The lowest BCUT2D eigenvalue weighted by atomic mass is 9.94. The van der Waals surface area contributed by atoms with Crippen LogP contribution in [0.1, 0.15) is 68.7 Å². The van der Waals surface area contributed by atoms with Gasteiger partial charge in [0, 0.05) is 24.9 Å². The van der Waals surface area contributed by atoms with Crippen LogP contribution in [0.25, 0.3) is 0 Å². The Kier molecular flexibility index (Phi) is 6.86. The zero-order valence-corrected chi connectivity index (χ0v) is 20.3. The zero-order chi connectivity index (χ0) is 25.3. The number of H-pyrrole nitrogens is 1. The van der Waals surface area contributed by atoms with Crippen molar-refractivity contribution in [3.8, 4) is 23.1 Å². The molecule has 4 rings (SSSR count). The molecule has 1 aromatic carbocycles.